The maximum atomic E-state index is 12.6. The van der Waals surface area contributed by atoms with Crippen molar-refractivity contribution in [3.63, 3.8) is 0 Å². The van der Waals surface area contributed by atoms with E-state index < -0.39 is 0 Å². The summed E-state index contributed by atoms with van der Waals surface area (Å²) < 4.78 is 0. The molecule has 1 atom stereocenters. The SMILES string of the molecule is CC1CCN(CCCNC(=O)N2CCc3ccccc3C2CO)CC1. The van der Waals surface area contributed by atoms with Gasteiger partial charge in [0, 0.05) is 13.1 Å². The highest BCUT2D eigenvalue weighted by Gasteiger charge is 2.29. The molecule has 1 saturated heterocycles. The Bertz CT molecular complexity index is 570. The van der Waals surface area contributed by atoms with E-state index in [1.807, 2.05) is 18.2 Å². The molecule has 2 aliphatic rings. The minimum absolute atomic E-state index is 0.0314. The van der Waals surface area contributed by atoms with Gasteiger partial charge in [0.15, 0.2) is 0 Å². The zero-order valence-electron chi connectivity index (χ0n) is 15.3. The van der Waals surface area contributed by atoms with Crippen molar-refractivity contribution in [3.8, 4) is 0 Å². The molecule has 5 nitrogen and oxygen atoms in total. The van der Waals surface area contributed by atoms with Gasteiger partial charge in [-0.3, -0.25) is 0 Å². The minimum atomic E-state index is -0.228. The molecule has 0 aliphatic carbocycles. The molecule has 138 valence electrons. The van der Waals surface area contributed by atoms with Crippen LogP contribution in [0.25, 0.3) is 0 Å². The quantitative estimate of drug-likeness (QED) is 0.806. The van der Waals surface area contributed by atoms with E-state index in [1.165, 1.54) is 31.5 Å². The number of fused-ring (bicyclic) bond motifs is 1. The fraction of sp³-hybridized carbons (Fsp3) is 0.650. The number of amides is 2. The number of piperidine rings is 1. The van der Waals surface area contributed by atoms with Crippen LogP contribution in [0, 0.1) is 5.92 Å². The number of hydrogen-bond acceptors (Lipinski definition) is 3. The third kappa shape index (κ3) is 4.53. The molecule has 2 N–H and O–H groups in total. The highest BCUT2D eigenvalue weighted by Crippen LogP contribution is 2.29. The Morgan fingerprint density at radius 3 is 2.76 bits per heavy atom. The van der Waals surface area contributed by atoms with Gasteiger partial charge in [-0.15, -0.1) is 0 Å². The van der Waals surface area contributed by atoms with Crippen molar-refractivity contribution in [1.29, 1.82) is 0 Å². The van der Waals surface area contributed by atoms with Crippen molar-refractivity contribution in [1.82, 2.24) is 15.1 Å². The van der Waals surface area contributed by atoms with Gasteiger partial charge >= 0.3 is 6.03 Å². The molecule has 1 aromatic carbocycles. The number of aliphatic hydroxyl groups is 1. The Balaban J connectivity index is 1.45. The van der Waals surface area contributed by atoms with Crippen LogP contribution in [0.3, 0.4) is 0 Å². The minimum Gasteiger partial charge on any atom is -0.394 e. The third-order valence-corrected chi connectivity index (χ3v) is 5.65. The van der Waals surface area contributed by atoms with Gasteiger partial charge in [-0.2, -0.15) is 0 Å². The number of benzene rings is 1. The molecule has 3 rings (SSSR count). The number of nitrogens with zero attached hydrogens (tertiary/aromatic N) is 2. The van der Waals surface area contributed by atoms with Crippen LogP contribution in [-0.4, -0.2) is 60.3 Å². The lowest BCUT2D eigenvalue weighted by Gasteiger charge is -2.36. The van der Waals surface area contributed by atoms with Crippen molar-refractivity contribution >= 4 is 6.03 Å². The monoisotopic (exact) mass is 345 g/mol. The lowest BCUT2D eigenvalue weighted by molar-refractivity contribution is 0.126. The number of rotatable bonds is 5. The summed E-state index contributed by atoms with van der Waals surface area (Å²) in [5, 5.41) is 12.8. The van der Waals surface area contributed by atoms with Crippen molar-refractivity contribution in [2.75, 3.05) is 39.3 Å². The summed E-state index contributed by atoms with van der Waals surface area (Å²) in [7, 11) is 0. The average Bonchev–Trinajstić information content (AvgIpc) is 2.65. The van der Waals surface area contributed by atoms with Gasteiger partial charge in [0.1, 0.15) is 0 Å². The van der Waals surface area contributed by atoms with E-state index >= 15 is 0 Å². The molecule has 1 aromatic rings. The molecule has 5 heteroatoms. The zero-order valence-corrected chi connectivity index (χ0v) is 15.3. The first-order valence-corrected chi connectivity index (χ1v) is 9.64. The largest absolute Gasteiger partial charge is 0.394 e. The van der Waals surface area contributed by atoms with Crippen LogP contribution in [-0.2, 0) is 6.42 Å². The number of hydrogen-bond donors (Lipinski definition) is 2. The van der Waals surface area contributed by atoms with Gasteiger partial charge in [0.25, 0.3) is 0 Å². The second-order valence-electron chi connectivity index (χ2n) is 7.45. The lowest BCUT2D eigenvalue weighted by atomic mass is 9.93. The predicted molar refractivity (Wildman–Crippen MR) is 99.5 cm³/mol. The summed E-state index contributed by atoms with van der Waals surface area (Å²) >= 11 is 0. The highest BCUT2D eigenvalue weighted by molar-refractivity contribution is 5.75. The van der Waals surface area contributed by atoms with Crippen molar-refractivity contribution in [3.05, 3.63) is 35.4 Å². The predicted octanol–water partition coefficient (Wildman–Crippen LogP) is 2.41. The first-order valence-electron chi connectivity index (χ1n) is 9.64. The van der Waals surface area contributed by atoms with Gasteiger partial charge in [-0.25, -0.2) is 4.79 Å². The van der Waals surface area contributed by atoms with Gasteiger partial charge in [0.05, 0.1) is 12.6 Å². The maximum absolute atomic E-state index is 12.6. The summed E-state index contributed by atoms with van der Waals surface area (Å²) in [6.07, 6.45) is 4.41. The molecule has 2 amide bonds. The van der Waals surface area contributed by atoms with E-state index in [0.717, 1.165) is 30.9 Å². The first-order chi connectivity index (χ1) is 12.2. The van der Waals surface area contributed by atoms with Crippen LogP contribution in [0.2, 0.25) is 0 Å². The fourth-order valence-corrected chi connectivity index (χ4v) is 3.98. The standard InChI is InChI=1S/C20H31N3O2/c1-16-7-12-22(13-8-16)11-4-10-21-20(25)23-14-9-17-5-2-3-6-18(17)19(23)15-24/h2-3,5-6,16,19,24H,4,7-15H2,1H3,(H,21,25). The topological polar surface area (TPSA) is 55.8 Å². The third-order valence-electron chi connectivity index (χ3n) is 5.65. The summed E-state index contributed by atoms with van der Waals surface area (Å²) in [6, 6.07) is 7.82. The highest BCUT2D eigenvalue weighted by atomic mass is 16.3. The number of urea groups is 1. The van der Waals surface area contributed by atoms with Gasteiger partial charge < -0.3 is 20.2 Å². The van der Waals surface area contributed by atoms with Gasteiger partial charge in [-0.05, 0) is 62.4 Å². The van der Waals surface area contributed by atoms with E-state index in [0.29, 0.717) is 13.1 Å². The number of carbonyl (C=O) groups excluding carboxylic acids is 1. The summed E-state index contributed by atoms with van der Waals surface area (Å²) in [5.41, 5.74) is 2.32. The number of carbonyl (C=O) groups is 1. The summed E-state index contributed by atoms with van der Waals surface area (Å²) in [6.45, 7) is 7.08. The van der Waals surface area contributed by atoms with Crippen LogP contribution in [0.4, 0.5) is 4.79 Å². The Hall–Kier alpha value is -1.59. The number of nitrogens with one attached hydrogen (secondary N) is 1. The number of likely N-dealkylation sites (tertiary alicyclic amines) is 1. The molecule has 25 heavy (non-hydrogen) atoms. The molecule has 2 aliphatic heterocycles. The first kappa shape index (κ1) is 18.2. The second-order valence-corrected chi connectivity index (χ2v) is 7.45. The summed E-state index contributed by atoms with van der Waals surface area (Å²) in [5.74, 6) is 0.855. The van der Waals surface area contributed by atoms with E-state index in [2.05, 4.69) is 23.2 Å². The fourth-order valence-electron chi connectivity index (χ4n) is 3.98. The van der Waals surface area contributed by atoms with Crippen LogP contribution >= 0.6 is 0 Å². The van der Waals surface area contributed by atoms with Crippen LogP contribution < -0.4 is 5.32 Å². The molecular weight excluding hydrogens is 314 g/mol. The smallest absolute Gasteiger partial charge is 0.318 e. The average molecular weight is 345 g/mol. The van der Waals surface area contributed by atoms with Crippen LogP contribution in [0.15, 0.2) is 24.3 Å². The van der Waals surface area contributed by atoms with Gasteiger partial charge in [0.2, 0.25) is 0 Å². The Kier molecular flexibility index (Phi) is 6.32. The maximum Gasteiger partial charge on any atom is 0.318 e. The Morgan fingerprint density at radius 1 is 1.24 bits per heavy atom. The molecule has 1 unspecified atom stereocenters. The summed E-state index contributed by atoms with van der Waals surface area (Å²) in [4.78, 5) is 16.8. The van der Waals surface area contributed by atoms with E-state index in [9.17, 15) is 9.90 Å². The molecule has 0 aromatic heterocycles. The van der Waals surface area contributed by atoms with Crippen molar-refractivity contribution < 1.29 is 9.90 Å². The van der Waals surface area contributed by atoms with E-state index in [1.54, 1.807) is 4.90 Å². The second kappa shape index (κ2) is 8.68. The van der Waals surface area contributed by atoms with Crippen LogP contribution in [0.1, 0.15) is 43.4 Å². The van der Waals surface area contributed by atoms with E-state index in [4.69, 9.17) is 0 Å². The molecule has 0 bridgehead atoms. The van der Waals surface area contributed by atoms with Crippen LogP contribution in [0.5, 0.6) is 0 Å². The lowest BCUT2D eigenvalue weighted by Crippen LogP contribution is -2.47. The zero-order chi connectivity index (χ0) is 17.6. The normalized spacial score (nSPS) is 21.8. The molecule has 0 saturated carbocycles. The number of aliphatic hydroxyl groups excluding tert-OH is 1. The molecule has 0 spiro atoms. The molecule has 0 radical (unpaired) electrons. The Labute approximate surface area is 151 Å². The van der Waals surface area contributed by atoms with Gasteiger partial charge in [-0.1, -0.05) is 31.2 Å². The molecule has 2 heterocycles. The Morgan fingerprint density at radius 2 is 2.00 bits per heavy atom. The van der Waals surface area contributed by atoms with E-state index in [-0.39, 0.29) is 18.7 Å². The van der Waals surface area contributed by atoms with Crippen molar-refractivity contribution in [2.45, 2.75) is 38.6 Å². The molecular formula is C20H31N3O2. The molecule has 1 fully saturated rings. The van der Waals surface area contributed by atoms with Crippen molar-refractivity contribution in [2.24, 2.45) is 5.92 Å².